The van der Waals surface area contributed by atoms with Crippen LogP contribution in [-0.4, -0.2) is 55.4 Å². The number of nitrogens with zero attached hydrogens (tertiary/aromatic N) is 1. The summed E-state index contributed by atoms with van der Waals surface area (Å²) in [5.41, 5.74) is 2.68. The largest absolute Gasteiger partial charge is 0.485 e. The molecule has 0 saturated carbocycles. The molecule has 1 atom stereocenters. The molecule has 0 bridgehead atoms. The Kier molecular flexibility index (Phi) is 6.38. The highest BCUT2D eigenvalue weighted by molar-refractivity contribution is 5.88. The van der Waals surface area contributed by atoms with E-state index in [0.29, 0.717) is 45.8 Å². The van der Waals surface area contributed by atoms with Crippen LogP contribution in [0.25, 0.3) is 0 Å². The van der Waals surface area contributed by atoms with Crippen LogP contribution in [0.4, 0.5) is 4.39 Å². The minimum atomic E-state index is -0.521. The van der Waals surface area contributed by atoms with Gasteiger partial charge in [-0.2, -0.15) is 0 Å². The van der Waals surface area contributed by atoms with Gasteiger partial charge in [-0.15, -0.1) is 0 Å². The van der Waals surface area contributed by atoms with Crippen LogP contribution in [0.3, 0.4) is 0 Å². The standard InChI is InChI=1S/C28H34FNO4/c1-20-15-21(2)17-22(16-20)28(9-13-32-14-10-28)26(31)30-11-7-27(8-12-30)18-23(19-33-27)34-25-6-4-3-5-24(25)29/h3-6,15-17,23H,7-14,18-19H2,1-2H3. The van der Waals surface area contributed by atoms with Gasteiger partial charge in [0.2, 0.25) is 5.91 Å². The highest BCUT2D eigenvalue weighted by atomic mass is 19.1. The summed E-state index contributed by atoms with van der Waals surface area (Å²) in [6.07, 6.45) is 3.53. The van der Waals surface area contributed by atoms with Crippen molar-refractivity contribution >= 4 is 5.91 Å². The third-order valence-electron chi connectivity index (χ3n) is 7.80. The van der Waals surface area contributed by atoms with Crippen molar-refractivity contribution in [2.45, 2.75) is 63.1 Å². The summed E-state index contributed by atoms with van der Waals surface area (Å²) in [4.78, 5) is 16.0. The fraction of sp³-hybridized carbons (Fsp3) is 0.536. The van der Waals surface area contributed by atoms with E-state index in [1.807, 2.05) is 4.90 Å². The van der Waals surface area contributed by atoms with Gasteiger partial charge in [-0.25, -0.2) is 4.39 Å². The molecule has 5 rings (SSSR count). The number of piperidine rings is 1. The van der Waals surface area contributed by atoms with Crippen LogP contribution in [0.5, 0.6) is 5.75 Å². The normalized spacial score (nSPS) is 23.7. The summed E-state index contributed by atoms with van der Waals surface area (Å²) < 4.78 is 31.8. The molecule has 6 heteroatoms. The van der Waals surface area contributed by atoms with Gasteiger partial charge in [-0.3, -0.25) is 4.79 Å². The fourth-order valence-electron chi connectivity index (χ4n) is 5.96. The van der Waals surface area contributed by atoms with E-state index in [4.69, 9.17) is 14.2 Å². The van der Waals surface area contributed by atoms with Crippen LogP contribution in [-0.2, 0) is 19.7 Å². The molecule has 34 heavy (non-hydrogen) atoms. The van der Waals surface area contributed by atoms with Gasteiger partial charge in [0.05, 0.1) is 17.6 Å². The first-order valence-corrected chi connectivity index (χ1v) is 12.4. The highest BCUT2D eigenvalue weighted by Crippen LogP contribution is 2.42. The van der Waals surface area contributed by atoms with E-state index >= 15 is 0 Å². The van der Waals surface area contributed by atoms with Crippen molar-refractivity contribution in [2.75, 3.05) is 32.9 Å². The van der Waals surface area contributed by atoms with Gasteiger partial charge >= 0.3 is 0 Å². The minimum Gasteiger partial charge on any atom is -0.485 e. The van der Waals surface area contributed by atoms with Gasteiger partial charge in [0, 0.05) is 32.7 Å². The molecule has 5 nitrogen and oxygen atoms in total. The molecule has 0 aromatic heterocycles. The Hall–Kier alpha value is -2.44. The zero-order valence-corrected chi connectivity index (χ0v) is 20.1. The maximum Gasteiger partial charge on any atom is 0.233 e. The minimum absolute atomic E-state index is 0.170. The monoisotopic (exact) mass is 467 g/mol. The van der Waals surface area contributed by atoms with Crippen LogP contribution in [0.1, 0.15) is 48.8 Å². The molecule has 3 aliphatic rings. The van der Waals surface area contributed by atoms with Crippen LogP contribution < -0.4 is 4.74 Å². The highest BCUT2D eigenvalue weighted by Gasteiger charge is 2.49. The molecular formula is C28H34FNO4. The molecule has 0 radical (unpaired) electrons. The Morgan fingerprint density at radius 1 is 1.03 bits per heavy atom. The lowest BCUT2D eigenvalue weighted by molar-refractivity contribution is -0.146. The van der Waals surface area contributed by atoms with Crippen molar-refractivity contribution in [1.82, 2.24) is 4.90 Å². The molecule has 1 amide bonds. The third-order valence-corrected chi connectivity index (χ3v) is 7.80. The molecule has 0 aliphatic carbocycles. The molecular weight excluding hydrogens is 433 g/mol. The number of para-hydroxylation sites is 1. The summed E-state index contributed by atoms with van der Waals surface area (Å²) in [6, 6.07) is 13.0. The van der Waals surface area contributed by atoms with Gasteiger partial charge in [0.1, 0.15) is 6.10 Å². The average Bonchev–Trinajstić information content (AvgIpc) is 3.22. The van der Waals surface area contributed by atoms with Crippen molar-refractivity contribution in [2.24, 2.45) is 0 Å². The first-order valence-electron chi connectivity index (χ1n) is 12.4. The van der Waals surface area contributed by atoms with E-state index in [0.717, 1.165) is 24.8 Å². The lowest BCUT2D eigenvalue weighted by atomic mass is 9.71. The summed E-state index contributed by atoms with van der Waals surface area (Å²) in [5.74, 6) is 0.139. The Morgan fingerprint density at radius 3 is 2.38 bits per heavy atom. The van der Waals surface area contributed by atoms with Gasteiger partial charge < -0.3 is 19.1 Å². The molecule has 3 aliphatic heterocycles. The van der Waals surface area contributed by atoms with Crippen LogP contribution in [0.15, 0.2) is 42.5 Å². The number of rotatable bonds is 4. The van der Waals surface area contributed by atoms with E-state index < -0.39 is 5.41 Å². The Morgan fingerprint density at radius 2 is 1.71 bits per heavy atom. The zero-order valence-electron chi connectivity index (χ0n) is 20.1. The maximum absolute atomic E-state index is 14.0. The Balaban J connectivity index is 1.27. The van der Waals surface area contributed by atoms with Gasteiger partial charge in [-0.1, -0.05) is 41.5 Å². The van der Waals surface area contributed by atoms with Crippen molar-refractivity contribution < 1.29 is 23.4 Å². The molecule has 2 aromatic carbocycles. The maximum atomic E-state index is 14.0. The number of ether oxygens (including phenoxy) is 3. The van der Waals surface area contributed by atoms with Gasteiger partial charge in [0.15, 0.2) is 11.6 Å². The number of carbonyl (C=O) groups excluding carboxylic acids is 1. The molecule has 3 heterocycles. The van der Waals surface area contributed by atoms with E-state index in [-0.39, 0.29) is 29.2 Å². The number of amides is 1. The second-order valence-electron chi connectivity index (χ2n) is 10.2. The number of carbonyl (C=O) groups is 1. The third kappa shape index (κ3) is 4.46. The molecule has 3 fully saturated rings. The predicted octanol–water partition coefficient (Wildman–Crippen LogP) is 4.72. The predicted molar refractivity (Wildman–Crippen MR) is 128 cm³/mol. The lowest BCUT2D eigenvalue weighted by Gasteiger charge is -2.44. The number of hydrogen-bond donors (Lipinski definition) is 0. The summed E-state index contributed by atoms with van der Waals surface area (Å²) in [6.45, 7) is 7.18. The Labute approximate surface area is 201 Å². The molecule has 0 N–H and O–H groups in total. The van der Waals surface area contributed by atoms with Crippen molar-refractivity contribution in [3.63, 3.8) is 0 Å². The van der Waals surface area contributed by atoms with Crippen molar-refractivity contribution in [3.05, 3.63) is 65.0 Å². The summed E-state index contributed by atoms with van der Waals surface area (Å²) >= 11 is 0. The molecule has 2 aromatic rings. The number of aryl methyl sites for hydroxylation is 2. The first kappa shape index (κ1) is 23.3. The SMILES string of the molecule is Cc1cc(C)cc(C2(C(=O)N3CCC4(CC3)CC(Oc3ccccc3F)CO4)CCOCC2)c1. The van der Waals surface area contributed by atoms with Crippen molar-refractivity contribution in [3.8, 4) is 5.75 Å². The Bertz CT molecular complexity index is 1020. The van der Waals surface area contributed by atoms with E-state index in [1.54, 1.807) is 18.2 Å². The fourth-order valence-corrected chi connectivity index (χ4v) is 5.96. The lowest BCUT2D eigenvalue weighted by Crippen LogP contribution is -2.54. The van der Waals surface area contributed by atoms with Crippen LogP contribution in [0, 0.1) is 19.7 Å². The quantitative estimate of drug-likeness (QED) is 0.653. The summed E-state index contributed by atoms with van der Waals surface area (Å²) in [5, 5.41) is 0. The number of likely N-dealkylation sites (tertiary alicyclic amines) is 1. The van der Waals surface area contributed by atoms with E-state index in [9.17, 15) is 9.18 Å². The second-order valence-corrected chi connectivity index (χ2v) is 10.2. The number of hydrogen-bond acceptors (Lipinski definition) is 4. The number of benzene rings is 2. The first-order chi connectivity index (χ1) is 16.4. The van der Waals surface area contributed by atoms with Gasteiger partial charge in [-0.05, 0) is 57.2 Å². The summed E-state index contributed by atoms with van der Waals surface area (Å²) in [7, 11) is 0. The number of halogens is 1. The van der Waals surface area contributed by atoms with Crippen LogP contribution in [0.2, 0.25) is 0 Å². The van der Waals surface area contributed by atoms with E-state index in [1.165, 1.54) is 17.2 Å². The average molecular weight is 468 g/mol. The van der Waals surface area contributed by atoms with Crippen molar-refractivity contribution in [1.29, 1.82) is 0 Å². The molecule has 1 unspecified atom stereocenters. The van der Waals surface area contributed by atoms with E-state index in [2.05, 4.69) is 32.0 Å². The topological polar surface area (TPSA) is 48.0 Å². The molecule has 182 valence electrons. The second kappa shape index (κ2) is 9.31. The molecule has 3 saturated heterocycles. The van der Waals surface area contributed by atoms with Gasteiger partial charge in [0.25, 0.3) is 0 Å². The molecule has 1 spiro atoms. The smallest absolute Gasteiger partial charge is 0.233 e. The zero-order chi connectivity index (χ0) is 23.8. The van der Waals surface area contributed by atoms with Crippen LogP contribution >= 0.6 is 0 Å².